The Hall–Kier alpha value is -4.19. The second kappa shape index (κ2) is 54.4. The first-order chi connectivity index (χ1) is 33.0. The lowest BCUT2D eigenvalue weighted by Gasteiger charge is -2.18. The fourth-order valence-electron chi connectivity index (χ4n) is 6.81. The summed E-state index contributed by atoms with van der Waals surface area (Å²) in [7, 11) is 0. The first-order valence-corrected chi connectivity index (χ1v) is 27.0. The molecule has 378 valence electrons. The molecule has 1 atom stereocenters. The van der Waals surface area contributed by atoms with Crippen LogP contribution in [0.3, 0.4) is 0 Å². The average Bonchev–Trinajstić information content (AvgIpc) is 3.33. The summed E-state index contributed by atoms with van der Waals surface area (Å²) in [6, 6.07) is 0. The van der Waals surface area contributed by atoms with E-state index in [0.29, 0.717) is 19.3 Å². The molecule has 0 aromatic heterocycles. The summed E-state index contributed by atoms with van der Waals surface area (Å²) in [6.45, 7) is 6.43. The molecule has 0 N–H and O–H groups in total. The van der Waals surface area contributed by atoms with Crippen LogP contribution in [0.4, 0.5) is 0 Å². The van der Waals surface area contributed by atoms with Crippen LogP contribution in [0.25, 0.3) is 0 Å². The summed E-state index contributed by atoms with van der Waals surface area (Å²) < 4.78 is 16.7. The van der Waals surface area contributed by atoms with Crippen LogP contribution < -0.4 is 0 Å². The molecule has 6 heteroatoms. The van der Waals surface area contributed by atoms with E-state index in [-0.39, 0.29) is 44.0 Å². The van der Waals surface area contributed by atoms with Crippen LogP contribution in [-0.4, -0.2) is 37.2 Å². The Balaban J connectivity index is 4.61. The first kappa shape index (κ1) is 62.8. The van der Waals surface area contributed by atoms with E-state index in [0.717, 1.165) is 96.3 Å². The summed E-state index contributed by atoms with van der Waals surface area (Å²) in [4.78, 5) is 38.0. The van der Waals surface area contributed by atoms with Crippen LogP contribution >= 0.6 is 0 Å². The lowest BCUT2D eigenvalue weighted by Crippen LogP contribution is -2.30. The van der Waals surface area contributed by atoms with Gasteiger partial charge in [0.25, 0.3) is 0 Å². The minimum absolute atomic E-state index is 0.127. The van der Waals surface area contributed by atoms with Gasteiger partial charge in [0.2, 0.25) is 0 Å². The largest absolute Gasteiger partial charge is 0.462 e. The molecule has 0 aromatic carbocycles. The molecule has 0 fully saturated rings. The standard InChI is InChI=1S/C61H98O6/c1-4-7-10-13-16-19-22-25-28-30-33-36-39-42-45-48-51-54-60(63)66-57-58(56-65-59(62)53-50-47-44-41-38-35-32-27-24-21-18-15-12-9-6-3)67-61(64)55-52-49-46-43-40-37-34-31-29-26-23-20-17-14-11-8-5-2/h16-21,25-29,32-34,36-37,42-43,45-46,58H,4-15,22-24,30-31,35,38-41,44,47-57H2,1-3H3/b19-16-,20-17-,21-18-,28-25-,29-26-,32-27-,36-33-,37-34-,45-42-,46-43-/t58-/m0/s1. The zero-order chi connectivity index (χ0) is 48.6. The number of unbranched alkanes of at least 4 members (excludes halogenated alkanes) is 16. The van der Waals surface area contributed by atoms with Crippen LogP contribution in [0.5, 0.6) is 0 Å². The van der Waals surface area contributed by atoms with Gasteiger partial charge in [-0.15, -0.1) is 0 Å². The predicted octanol–water partition coefficient (Wildman–Crippen LogP) is 18.1. The zero-order valence-corrected chi connectivity index (χ0v) is 43.1. The second-order valence-corrected chi connectivity index (χ2v) is 17.4. The number of rotatable bonds is 47. The molecular formula is C61H98O6. The van der Waals surface area contributed by atoms with E-state index in [2.05, 4.69) is 142 Å². The van der Waals surface area contributed by atoms with E-state index in [1.54, 1.807) is 0 Å². The number of hydrogen-bond donors (Lipinski definition) is 0. The fraction of sp³-hybridized carbons (Fsp3) is 0.623. The van der Waals surface area contributed by atoms with Crippen molar-refractivity contribution in [2.75, 3.05) is 13.2 Å². The molecular weight excluding hydrogens is 829 g/mol. The molecule has 0 aliphatic carbocycles. The van der Waals surface area contributed by atoms with Crippen molar-refractivity contribution in [3.63, 3.8) is 0 Å². The molecule has 0 saturated carbocycles. The van der Waals surface area contributed by atoms with E-state index >= 15 is 0 Å². The van der Waals surface area contributed by atoms with Gasteiger partial charge in [-0.3, -0.25) is 14.4 Å². The van der Waals surface area contributed by atoms with Crippen LogP contribution in [0.15, 0.2) is 122 Å². The Labute approximate surface area is 412 Å². The Morgan fingerprint density at radius 2 is 0.552 bits per heavy atom. The molecule has 0 heterocycles. The van der Waals surface area contributed by atoms with E-state index in [9.17, 15) is 14.4 Å². The molecule has 0 rings (SSSR count). The first-order valence-electron chi connectivity index (χ1n) is 27.0. The Morgan fingerprint density at radius 1 is 0.299 bits per heavy atom. The quantitative estimate of drug-likeness (QED) is 0.0262. The van der Waals surface area contributed by atoms with Crippen LogP contribution in [0.1, 0.15) is 226 Å². The number of hydrogen-bond acceptors (Lipinski definition) is 6. The molecule has 0 aliphatic rings. The average molecular weight is 927 g/mol. The second-order valence-electron chi connectivity index (χ2n) is 17.4. The number of esters is 3. The molecule has 0 radical (unpaired) electrons. The SMILES string of the molecule is CCCCC/C=C\C/C=C\C/C=C\C/C=C\CCCC(=O)OC[C@H](COC(=O)CCCCCCC/C=C\C/C=C\CCCCC)OC(=O)CCC/C=C\C/C=C\C/C=C\C/C=C\CCCCC. The van der Waals surface area contributed by atoms with Crippen LogP contribution in [0.2, 0.25) is 0 Å². The zero-order valence-electron chi connectivity index (χ0n) is 43.1. The smallest absolute Gasteiger partial charge is 0.306 e. The van der Waals surface area contributed by atoms with Gasteiger partial charge in [0, 0.05) is 19.3 Å². The number of carbonyl (C=O) groups excluding carboxylic acids is 3. The van der Waals surface area contributed by atoms with Crippen molar-refractivity contribution in [3.8, 4) is 0 Å². The highest BCUT2D eigenvalue weighted by atomic mass is 16.6. The molecule has 0 spiro atoms. The van der Waals surface area contributed by atoms with Crippen molar-refractivity contribution in [2.24, 2.45) is 0 Å². The third-order valence-corrected chi connectivity index (χ3v) is 10.9. The van der Waals surface area contributed by atoms with Crippen LogP contribution in [-0.2, 0) is 28.6 Å². The maximum atomic E-state index is 12.8. The van der Waals surface area contributed by atoms with E-state index in [4.69, 9.17) is 14.2 Å². The van der Waals surface area contributed by atoms with Gasteiger partial charge < -0.3 is 14.2 Å². The van der Waals surface area contributed by atoms with Gasteiger partial charge in [-0.2, -0.15) is 0 Å². The molecule has 0 aliphatic heterocycles. The van der Waals surface area contributed by atoms with Crippen molar-refractivity contribution in [1.82, 2.24) is 0 Å². The van der Waals surface area contributed by atoms with Crippen molar-refractivity contribution >= 4 is 17.9 Å². The molecule has 67 heavy (non-hydrogen) atoms. The third kappa shape index (κ3) is 52.6. The molecule has 0 saturated heterocycles. The van der Waals surface area contributed by atoms with Crippen molar-refractivity contribution in [2.45, 2.75) is 232 Å². The van der Waals surface area contributed by atoms with E-state index in [1.165, 1.54) is 77.0 Å². The van der Waals surface area contributed by atoms with Gasteiger partial charge in [-0.1, -0.05) is 200 Å². The third-order valence-electron chi connectivity index (χ3n) is 10.9. The van der Waals surface area contributed by atoms with Gasteiger partial charge in [-0.05, 0) is 128 Å². The summed E-state index contributed by atoms with van der Waals surface area (Å²) in [5, 5.41) is 0. The lowest BCUT2D eigenvalue weighted by atomic mass is 10.1. The van der Waals surface area contributed by atoms with Crippen molar-refractivity contribution in [3.05, 3.63) is 122 Å². The monoisotopic (exact) mass is 927 g/mol. The minimum atomic E-state index is -0.838. The van der Waals surface area contributed by atoms with Crippen LogP contribution in [0, 0.1) is 0 Å². The predicted molar refractivity (Wildman–Crippen MR) is 288 cm³/mol. The summed E-state index contributed by atoms with van der Waals surface area (Å²) in [6.07, 6.45) is 74.7. The number of carbonyl (C=O) groups is 3. The normalized spacial score (nSPS) is 13.1. The van der Waals surface area contributed by atoms with E-state index in [1.807, 2.05) is 0 Å². The molecule has 0 bridgehead atoms. The van der Waals surface area contributed by atoms with E-state index < -0.39 is 6.10 Å². The maximum Gasteiger partial charge on any atom is 0.306 e. The summed E-state index contributed by atoms with van der Waals surface area (Å²) in [5.74, 6) is -1.06. The number of allylic oxidation sites excluding steroid dienone is 20. The Kier molecular flexibility index (Phi) is 51.0. The molecule has 0 amide bonds. The highest BCUT2D eigenvalue weighted by Crippen LogP contribution is 2.11. The van der Waals surface area contributed by atoms with Gasteiger partial charge in [-0.25, -0.2) is 0 Å². The van der Waals surface area contributed by atoms with Gasteiger partial charge >= 0.3 is 17.9 Å². The molecule has 6 nitrogen and oxygen atoms in total. The highest BCUT2D eigenvalue weighted by Gasteiger charge is 2.19. The minimum Gasteiger partial charge on any atom is -0.462 e. The fourth-order valence-corrected chi connectivity index (χ4v) is 6.81. The van der Waals surface area contributed by atoms with Gasteiger partial charge in [0.05, 0.1) is 0 Å². The van der Waals surface area contributed by atoms with Crippen molar-refractivity contribution in [1.29, 1.82) is 0 Å². The Bertz CT molecular complexity index is 1440. The molecule has 0 aromatic rings. The van der Waals surface area contributed by atoms with Gasteiger partial charge in [0.1, 0.15) is 13.2 Å². The van der Waals surface area contributed by atoms with Crippen molar-refractivity contribution < 1.29 is 28.6 Å². The summed E-state index contributed by atoms with van der Waals surface area (Å²) >= 11 is 0. The van der Waals surface area contributed by atoms with Gasteiger partial charge in [0.15, 0.2) is 6.10 Å². The topological polar surface area (TPSA) is 78.9 Å². The number of ether oxygens (including phenoxy) is 3. The summed E-state index contributed by atoms with van der Waals surface area (Å²) in [5.41, 5.74) is 0. The maximum absolute atomic E-state index is 12.8. The Morgan fingerprint density at radius 3 is 0.896 bits per heavy atom. The highest BCUT2D eigenvalue weighted by molar-refractivity contribution is 5.71. The molecule has 0 unspecified atom stereocenters. The lowest BCUT2D eigenvalue weighted by molar-refractivity contribution is -0.167.